The number of hydrogen-bond acceptors (Lipinski definition) is 1. The average molecular weight is 301 g/mol. The first kappa shape index (κ1) is 17.0. The topological polar surface area (TPSA) is 0 Å². The Balaban J connectivity index is 2.56. The molecule has 1 rings (SSSR count). The van der Waals surface area contributed by atoms with Crippen molar-refractivity contribution in [3.05, 3.63) is 21.3 Å². The fraction of sp³-hybridized carbons (Fsp3) is 0.765. The lowest BCUT2D eigenvalue weighted by atomic mass is 9.77. The number of rotatable bonds is 10. The van der Waals surface area contributed by atoms with Crippen molar-refractivity contribution in [3.63, 3.8) is 0 Å². The van der Waals surface area contributed by atoms with Gasteiger partial charge >= 0.3 is 0 Å². The van der Waals surface area contributed by atoms with E-state index in [9.17, 15) is 0 Å². The van der Waals surface area contributed by atoms with Gasteiger partial charge in [-0.2, -0.15) is 0 Å². The van der Waals surface area contributed by atoms with Crippen LogP contribution in [0.5, 0.6) is 0 Å². The molecule has 0 bridgehead atoms. The predicted octanol–water partition coefficient (Wildman–Crippen LogP) is 7.11. The Morgan fingerprint density at radius 1 is 1.00 bits per heavy atom. The molecule has 0 aliphatic heterocycles. The van der Waals surface area contributed by atoms with E-state index < -0.39 is 0 Å². The van der Waals surface area contributed by atoms with Crippen LogP contribution in [0.2, 0.25) is 4.34 Å². The summed E-state index contributed by atoms with van der Waals surface area (Å²) in [4.78, 5) is 1.46. The third kappa shape index (κ3) is 6.81. The Morgan fingerprint density at radius 2 is 1.58 bits per heavy atom. The quantitative estimate of drug-likeness (QED) is 0.404. The highest BCUT2D eigenvalue weighted by Gasteiger charge is 2.24. The van der Waals surface area contributed by atoms with E-state index in [1.807, 2.05) is 6.07 Å². The van der Waals surface area contributed by atoms with Crippen LogP contribution in [0.4, 0.5) is 0 Å². The van der Waals surface area contributed by atoms with Crippen molar-refractivity contribution in [3.8, 4) is 0 Å². The van der Waals surface area contributed by atoms with E-state index in [2.05, 4.69) is 26.8 Å². The van der Waals surface area contributed by atoms with Gasteiger partial charge in [0.2, 0.25) is 0 Å². The van der Waals surface area contributed by atoms with Crippen LogP contribution >= 0.6 is 22.9 Å². The second-order valence-electron chi connectivity index (χ2n) is 6.11. The first-order chi connectivity index (χ1) is 9.09. The van der Waals surface area contributed by atoms with Gasteiger partial charge in [0, 0.05) is 4.88 Å². The minimum Gasteiger partial charge on any atom is -0.128 e. The van der Waals surface area contributed by atoms with Crippen LogP contribution in [0.15, 0.2) is 12.1 Å². The van der Waals surface area contributed by atoms with Crippen LogP contribution in [-0.2, 0) is 6.42 Å². The lowest BCUT2D eigenvalue weighted by Gasteiger charge is -2.29. The molecule has 1 heterocycles. The highest BCUT2D eigenvalue weighted by atomic mass is 35.5. The molecule has 1 aromatic rings. The van der Waals surface area contributed by atoms with E-state index in [4.69, 9.17) is 11.6 Å². The maximum absolute atomic E-state index is 6.06. The Hall–Kier alpha value is -0.0100. The van der Waals surface area contributed by atoms with E-state index in [1.165, 1.54) is 62.7 Å². The van der Waals surface area contributed by atoms with Crippen molar-refractivity contribution in [2.24, 2.45) is 5.41 Å². The molecule has 0 spiro atoms. The zero-order valence-electron chi connectivity index (χ0n) is 12.8. The second kappa shape index (κ2) is 9.02. The fourth-order valence-corrected chi connectivity index (χ4v) is 4.08. The van der Waals surface area contributed by atoms with Gasteiger partial charge in [0.05, 0.1) is 4.34 Å². The fourth-order valence-electron chi connectivity index (χ4n) is 2.77. The van der Waals surface area contributed by atoms with Gasteiger partial charge in [-0.15, -0.1) is 11.3 Å². The maximum Gasteiger partial charge on any atom is 0.0931 e. The molecule has 2 heteroatoms. The van der Waals surface area contributed by atoms with E-state index in [0.717, 1.165) is 4.34 Å². The van der Waals surface area contributed by atoms with Crippen LogP contribution in [0, 0.1) is 5.41 Å². The van der Waals surface area contributed by atoms with E-state index in [0.29, 0.717) is 5.41 Å². The summed E-state index contributed by atoms with van der Waals surface area (Å²) >= 11 is 7.82. The van der Waals surface area contributed by atoms with Crippen LogP contribution in [-0.4, -0.2) is 0 Å². The molecule has 0 nitrogen and oxygen atoms in total. The molecule has 19 heavy (non-hydrogen) atoms. The van der Waals surface area contributed by atoms with Gasteiger partial charge in [0.15, 0.2) is 0 Å². The van der Waals surface area contributed by atoms with Gasteiger partial charge in [0.25, 0.3) is 0 Å². The Kier molecular flexibility index (Phi) is 8.09. The summed E-state index contributed by atoms with van der Waals surface area (Å²) in [7, 11) is 0. The molecule has 110 valence electrons. The normalized spacial score (nSPS) is 12.0. The molecule has 1 aromatic heterocycles. The summed E-state index contributed by atoms with van der Waals surface area (Å²) in [6.07, 6.45) is 12.0. The SMILES string of the molecule is CCCCCC(C)(CCCCC)Cc1ccc(Cl)s1. The minimum atomic E-state index is 0.471. The Labute approximate surface area is 128 Å². The molecule has 0 saturated carbocycles. The molecule has 0 aliphatic rings. The Morgan fingerprint density at radius 3 is 2.00 bits per heavy atom. The molecular formula is C17H29ClS. The summed E-state index contributed by atoms with van der Waals surface area (Å²) in [5.41, 5.74) is 0.471. The van der Waals surface area contributed by atoms with Gasteiger partial charge in [-0.3, -0.25) is 0 Å². The molecule has 0 fully saturated rings. The summed E-state index contributed by atoms with van der Waals surface area (Å²) in [6, 6.07) is 4.25. The summed E-state index contributed by atoms with van der Waals surface area (Å²) < 4.78 is 0.930. The van der Waals surface area contributed by atoms with Crippen molar-refractivity contribution in [2.75, 3.05) is 0 Å². The smallest absolute Gasteiger partial charge is 0.0931 e. The standard InChI is InChI=1S/C17H29ClS/c1-4-6-8-12-17(3,13-9-7-5-2)14-15-10-11-16(18)19-15/h10-11H,4-9,12-14H2,1-3H3. The predicted molar refractivity (Wildman–Crippen MR) is 89.4 cm³/mol. The first-order valence-corrected chi connectivity index (χ1v) is 9.03. The highest BCUT2D eigenvalue weighted by molar-refractivity contribution is 7.16. The molecule has 0 saturated heterocycles. The third-order valence-corrected chi connectivity index (χ3v) is 5.23. The van der Waals surface area contributed by atoms with Crippen molar-refractivity contribution < 1.29 is 0 Å². The van der Waals surface area contributed by atoms with E-state index in [1.54, 1.807) is 11.3 Å². The lowest BCUT2D eigenvalue weighted by molar-refractivity contribution is 0.252. The van der Waals surface area contributed by atoms with Gasteiger partial charge < -0.3 is 0 Å². The summed E-state index contributed by atoms with van der Waals surface area (Å²) in [5, 5.41) is 0. The summed E-state index contributed by atoms with van der Waals surface area (Å²) in [5.74, 6) is 0. The van der Waals surface area contributed by atoms with E-state index in [-0.39, 0.29) is 0 Å². The molecule has 0 aliphatic carbocycles. The number of hydrogen-bond donors (Lipinski definition) is 0. The zero-order chi connectivity index (χ0) is 14.1. The van der Waals surface area contributed by atoms with Crippen LogP contribution in [0.3, 0.4) is 0 Å². The molecule has 0 atom stereocenters. The average Bonchev–Trinajstić information content (AvgIpc) is 2.75. The van der Waals surface area contributed by atoms with Crippen molar-refractivity contribution in [2.45, 2.75) is 78.6 Å². The van der Waals surface area contributed by atoms with Crippen LogP contribution in [0.1, 0.15) is 77.0 Å². The van der Waals surface area contributed by atoms with Crippen molar-refractivity contribution in [1.82, 2.24) is 0 Å². The largest absolute Gasteiger partial charge is 0.128 e. The molecule has 0 unspecified atom stereocenters. The van der Waals surface area contributed by atoms with Crippen LogP contribution < -0.4 is 0 Å². The number of halogens is 1. The molecule has 0 radical (unpaired) electrons. The minimum absolute atomic E-state index is 0.471. The molecule has 0 aromatic carbocycles. The number of unbranched alkanes of at least 4 members (excludes halogenated alkanes) is 4. The van der Waals surface area contributed by atoms with Crippen molar-refractivity contribution in [1.29, 1.82) is 0 Å². The molecule has 0 amide bonds. The molecular weight excluding hydrogens is 272 g/mol. The van der Waals surface area contributed by atoms with Gasteiger partial charge in [0.1, 0.15) is 0 Å². The molecule has 0 N–H and O–H groups in total. The van der Waals surface area contributed by atoms with E-state index >= 15 is 0 Å². The highest BCUT2D eigenvalue weighted by Crippen LogP contribution is 2.37. The summed E-state index contributed by atoms with van der Waals surface area (Å²) in [6.45, 7) is 7.05. The maximum atomic E-state index is 6.06. The zero-order valence-corrected chi connectivity index (χ0v) is 14.4. The second-order valence-corrected chi connectivity index (χ2v) is 7.91. The third-order valence-electron chi connectivity index (χ3n) is 4.00. The monoisotopic (exact) mass is 300 g/mol. The number of thiophene rings is 1. The first-order valence-electron chi connectivity index (χ1n) is 7.84. The van der Waals surface area contributed by atoms with Gasteiger partial charge in [-0.1, -0.05) is 70.9 Å². The van der Waals surface area contributed by atoms with Crippen molar-refractivity contribution >= 4 is 22.9 Å². The Bertz CT molecular complexity index is 333. The van der Waals surface area contributed by atoms with Crippen LogP contribution in [0.25, 0.3) is 0 Å². The lowest BCUT2D eigenvalue weighted by Crippen LogP contribution is -2.19. The van der Waals surface area contributed by atoms with Gasteiger partial charge in [-0.05, 0) is 36.8 Å². The van der Waals surface area contributed by atoms with Gasteiger partial charge in [-0.25, -0.2) is 0 Å².